The summed E-state index contributed by atoms with van der Waals surface area (Å²) in [6.45, 7) is 6.33. The molecule has 0 unspecified atom stereocenters. The van der Waals surface area contributed by atoms with E-state index in [1.807, 2.05) is 0 Å². The van der Waals surface area contributed by atoms with E-state index in [0.717, 1.165) is 25.2 Å². The fourth-order valence-electron chi connectivity index (χ4n) is 1.73. The van der Waals surface area contributed by atoms with Gasteiger partial charge >= 0.3 is 0 Å². The number of hydrogen-bond acceptors (Lipinski definition) is 3. The smallest absolute Gasteiger partial charge is 0.266 e. The van der Waals surface area contributed by atoms with E-state index in [1.54, 1.807) is 12.3 Å². The Morgan fingerprint density at radius 2 is 2.06 bits per heavy atom. The number of nitrogens with zero attached hydrogens (tertiary/aromatic N) is 2. The van der Waals surface area contributed by atoms with Gasteiger partial charge in [-0.25, -0.2) is 5.10 Å². The second-order valence-corrected chi connectivity index (χ2v) is 4.00. The van der Waals surface area contributed by atoms with Gasteiger partial charge in [0.05, 0.1) is 11.9 Å². The lowest BCUT2D eigenvalue weighted by atomic mass is 10.2. The molecule has 0 aliphatic carbocycles. The molecule has 0 atom stereocenters. The van der Waals surface area contributed by atoms with Gasteiger partial charge in [-0.2, -0.15) is 5.10 Å². The van der Waals surface area contributed by atoms with E-state index in [0.29, 0.717) is 0 Å². The van der Waals surface area contributed by atoms with Crippen LogP contribution in [-0.2, 0) is 0 Å². The van der Waals surface area contributed by atoms with Crippen LogP contribution in [0.2, 0.25) is 0 Å². The third-order valence-corrected chi connectivity index (χ3v) is 2.54. The van der Waals surface area contributed by atoms with E-state index in [4.69, 9.17) is 0 Å². The molecule has 4 nitrogen and oxygen atoms in total. The zero-order chi connectivity index (χ0) is 11.8. The summed E-state index contributed by atoms with van der Waals surface area (Å²) < 4.78 is 0. The van der Waals surface area contributed by atoms with Crippen LogP contribution in [0.4, 0.5) is 5.69 Å². The first-order chi connectivity index (χ1) is 7.77. The van der Waals surface area contributed by atoms with Crippen LogP contribution in [0.3, 0.4) is 0 Å². The van der Waals surface area contributed by atoms with Gasteiger partial charge in [-0.05, 0) is 12.8 Å². The lowest BCUT2D eigenvalue weighted by Crippen LogP contribution is -2.26. The predicted molar refractivity (Wildman–Crippen MR) is 66.9 cm³/mol. The van der Waals surface area contributed by atoms with Crippen molar-refractivity contribution in [1.29, 1.82) is 0 Å². The summed E-state index contributed by atoms with van der Waals surface area (Å²) in [5.74, 6) is 0. The van der Waals surface area contributed by atoms with Crippen LogP contribution < -0.4 is 10.5 Å². The van der Waals surface area contributed by atoms with Crippen LogP contribution in [0.15, 0.2) is 17.1 Å². The van der Waals surface area contributed by atoms with E-state index >= 15 is 0 Å². The molecule has 0 saturated heterocycles. The van der Waals surface area contributed by atoms with Crippen molar-refractivity contribution in [2.75, 3.05) is 18.0 Å². The summed E-state index contributed by atoms with van der Waals surface area (Å²) >= 11 is 0. The molecule has 0 aliphatic heterocycles. The van der Waals surface area contributed by atoms with E-state index in [9.17, 15) is 4.79 Å². The zero-order valence-corrected chi connectivity index (χ0v) is 10.2. The molecule has 0 aromatic carbocycles. The third-order valence-electron chi connectivity index (χ3n) is 2.54. The van der Waals surface area contributed by atoms with Crippen molar-refractivity contribution >= 4 is 5.69 Å². The van der Waals surface area contributed by atoms with E-state index in [2.05, 4.69) is 28.9 Å². The van der Waals surface area contributed by atoms with Gasteiger partial charge in [-0.15, -0.1) is 0 Å². The Morgan fingerprint density at radius 3 is 2.69 bits per heavy atom. The van der Waals surface area contributed by atoms with Crippen molar-refractivity contribution in [3.05, 3.63) is 22.6 Å². The standard InChI is InChI=1S/C12H21N3O/c1-3-5-6-8-15(7-4-2)11-9-12(16)14-13-10-11/h9-10H,3-8H2,1-2H3,(H,14,16). The lowest BCUT2D eigenvalue weighted by molar-refractivity contribution is 0.666. The van der Waals surface area contributed by atoms with Gasteiger partial charge in [0.15, 0.2) is 0 Å². The number of rotatable bonds is 7. The van der Waals surface area contributed by atoms with Crippen molar-refractivity contribution in [3.63, 3.8) is 0 Å². The minimum absolute atomic E-state index is 0.130. The normalized spacial score (nSPS) is 10.4. The molecule has 16 heavy (non-hydrogen) atoms. The Labute approximate surface area is 96.7 Å². The van der Waals surface area contributed by atoms with Gasteiger partial charge in [0.2, 0.25) is 0 Å². The number of aromatic nitrogens is 2. The van der Waals surface area contributed by atoms with Gasteiger partial charge in [0.1, 0.15) is 0 Å². The summed E-state index contributed by atoms with van der Waals surface area (Å²) in [7, 11) is 0. The number of unbranched alkanes of at least 4 members (excludes halogenated alkanes) is 2. The van der Waals surface area contributed by atoms with Crippen LogP contribution in [0.25, 0.3) is 0 Å². The van der Waals surface area contributed by atoms with Crippen molar-refractivity contribution in [2.24, 2.45) is 0 Å². The fraction of sp³-hybridized carbons (Fsp3) is 0.667. The minimum Gasteiger partial charge on any atom is -0.370 e. The largest absolute Gasteiger partial charge is 0.370 e. The highest BCUT2D eigenvalue weighted by Crippen LogP contribution is 2.11. The van der Waals surface area contributed by atoms with Crippen molar-refractivity contribution in [3.8, 4) is 0 Å². The minimum atomic E-state index is -0.130. The molecule has 0 fully saturated rings. The predicted octanol–water partition coefficient (Wildman–Crippen LogP) is 2.18. The Balaban J connectivity index is 2.65. The maximum Gasteiger partial charge on any atom is 0.266 e. The first kappa shape index (κ1) is 12.7. The molecule has 0 amide bonds. The molecule has 1 aromatic rings. The van der Waals surface area contributed by atoms with E-state index < -0.39 is 0 Å². The molecule has 90 valence electrons. The van der Waals surface area contributed by atoms with Crippen LogP contribution in [0.1, 0.15) is 39.5 Å². The number of anilines is 1. The molecule has 1 rings (SSSR count). The van der Waals surface area contributed by atoms with Crippen molar-refractivity contribution in [2.45, 2.75) is 39.5 Å². The number of hydrogen-bond donors (Lipinski definition) is 1. The average molecular weight is 223 g/mol. The van der Waals surface area contributed by atoms with Crippen LogP contribution in [0.5, 0.6) is 0 Å². The second kappa shape index (κ2) is 7.04. The van der Waals surface area contributed by atoms with Crippen LogP contribution >= 0.6 is 0 Å². The quantitative estimate of drug-likeness (QED) is 0.721. The summed E-state index contributed by atoms with van der Waals surface area (Å²) in [5, 5.41) is 6.24. The number of aromatic amines is 1. The summed E-state index contributed by atoms with van der Waals surface area (Å²) in [6.07, 6.45) is 6.43. The summed E-state index contributed by atoms with van der Waals surface area (Å²) in [6, 6.07) is 1.62. The van der Waals surface area contributed by atoms with Gasteiger partial charge in [0, 0.05) is 19.2 Å². The van der Waals surface area contributed by atoms with Crippen LogP contribution in [0, 0.1) is 0 Å². The molecule has 0 aliphatic rings. The molecule has 0 bridgehead atoms. The highest BCUT2D eigenvalue weighted by Gasteiger charge is 2.05. The SMILES string of the molecule is CCCCCN(CCC)c1cn[nH]c(=O)c1. The monoisotopic (exact) mass is 223 g/mol. The van der Waals surface area contributed by atoms with Crippen molar-refractivity contribution in [1.82, 2.24) is 10.2 Å². The Kier molecular flexibility index (Phi) is 5.61. The zero-order valence-electron chi connectivity index (χ0n) is 10.2. The number of nitrogens with one attached hydrogen (secondary N) is 1. The van der Waals surface area contributed by atoms with Crippen molar-refractivity contribution < 1.29 is 0 Å². The maximum absolute atomic E-state index is 11.2. The number of H-pyrrole nitrogens is 1. The third kappa shape index (κ3) is 4.04. The van der Waals surface area contributed by atoms with Gasteiger partial charge < -0.3 is 4.90 Å². The topological polar surface area (TPSA) is 49.0 Å². The lowest BCUT2D eigenvalue weighted by Gasteiger charge is -2.23. The maximum atomic E-state index is 11.2. The first-order valence-electron chi connectivity index (χ1n) is 6.07. The van der Waals surface area contributed by atoms with Gasteiger partial charge in [0.25, 0.3) is 5.56 Å². The fourth-order valence-corrected chi connectivity index (χ4v) is 1.73. The Bertz CT molecular complexity index is 348. The highest BCUT2D eigenvalue weighted by atomic mass is 16.1. The van der Waals surface area contributed by atoms with E-state index in [1.165, 1.54) is 19.3 Å². The molecule has 1 heterocycles. The first-order valence-corrected chi connectivity index (χ1v) is 6.07. The van der Waals surface area contributed by atoms with Gasteiger partial charge in [-0.3, -0.25) is 4.79 Å². The Hall–Kier alpha value is -1.32. The molecule has 0 spiro atoms. The van der Waals surface area contributed by atoms with Crippen LogP contribution in [-0.4, -0.2) is 23.3 Å². The molecule has 4 heteroatoms. The summed E-state index contributed by atoms with van der Waals surface area (Å²) in [4.78, 5) is 13.4. The molecular weight excluding hydrogens is 202 g/mol. The highest BCUT2D eigenvalue weighted by molar-refractivity contribution is 5.42. The van der Waals surface area contributed by atoms with E-state index in [-0.39, 0.29) is 5.56 Å². The molecule has 1 N–H and O–H groups in total. The molecular formula is C12H21N3O. The molecule has 0 radical (unpaired) electrons. The molecule has 0 saturated carbocycles. The average Bonchev–Trinajstić information content (AvgIpc) is 2.28. The Morgan fingerprint density at radius 1 is 1.25 bits per heavy atom. The second-order valence-electron chi connectivity index (χ2n) is 4.00. The molecule has 1 aromatic heterocycles. The summed E-state index contributed by atoms with van der Waals surface area (Å²) in [5.41, 5.74) is 0.802. The van der Waals surface area contributed by atoms with Gasteiger partial charge in [-0.1, -0.05) is 26.7 Å².